The van der Waals surface area contributed by atoms with Crippen molar-refractivity contribution in [3.8, 4) is 5.75 Å². The average Bonchev–Trinajstić information content (AvgIpc) is 2.76. The predicted molar refractivity (Wildman–Crippen MR) is 72.4 cm³/mol. The monoisotopic (exact) mass is 294 g/mol. The summed E-state index contributed by atoms with van der Waals surface area (Å²) in [5, 5.41) is 31.5. The second-order valence-electron chi connectivity index (χ2n) is 3.74. The van der Waals surface area contributed by atoms with E-state index in [1.807, 2.05) is 0 Å². The van der Waals surface area contributed by atoms with Gasteiger partial charge in [-0.25, -0.2) is 9.59 Å². The minimum Gasteiger partial charge on any atom is -0.508 e. The highest BCUT2D eigenvalue weighted by atomic mass is 32.1. The number of hydrogen-bond acceptors (Lipinski definition) is 6. The summed E-state index contributed by atoms with van der Waals surface area (Å²) in [6.45, 7) is 1.74. The van der Waals surface area contributed by atoms with Crippen molar-refractivity contribution < 1.29 is 19.8 Å². The second-order valence-corrected chi connectivity index (χ2v) is 4.92. The highest BCUT2D eigenvalue weighted by Crippen LogP contribution is 2.22. The Kier molecular flexibility index (Phi) is 3.80. The van der Waals surface area contributed by atoms with Crippen molar-refractivity contribution >= 4 is 34.2 Å². The van der Waals surface area contributed by atoms with Crippen molar-refractivity contribution in [1.29, 1.82) is 0 Å². The van der Waals surface area contributed by atoms with E-state index in [0.29, 0.717) is 10.1 Å². The lowest BCUT2D eigenvalue weighted by Crippen LogP contribution is -2.20. The standard InChI is InChI=1S/C11H10N4O4S/c1-5-14-15-11(20-5)13-10(19)12-8-3-2-6(16)4-7(8)9(17)18/h2-4,16H,1H3,(H,17,18)(H2,12,13,15,19). The fourth-order valence-electron chi connectivity index (χ4n) is 1.42. The molecule has 0 atom stereocenters. The first-order valence-electron chi connectivity index (χ1n) is 5.40. The molecule has 0 bridgehead atoms. The van der Waals surface area contributed by atoms with Crippen LogP contribution < -0.4 is 10.6 Å². The van der Waals surface area contributed by atoms with Crippen LogP contribution in [0.1, 0.15) is 15.4 Å². The molecular formula is C11H10N4O4S. The lowest BCUT2D eigenvalue weighted by molar-refractivity contribution is 0.0697. The first kappa shape index (κ1) is 13.7. The number of phenols is 1. The molecule has 4 N–H and O–H groups in total. The van der Waals surface area contributed by atoms with Crippen LogP contribution in [0.25, 0.3) is 0 Å². The van der Waals surface area contributed by atoms with Gasteiger partial charge in [-0.05, 0) is 25.1 Å². The zero-order valence-corrected chi connectivity index (χ0v) is 11.1. The topological polar surface area (TPSA) is 124 Å². The molecule has 1 heterocycles. The van der Waals surface area contributed by atoms with Crippen molar-refractivity contribution in [3.05, 3.63) is 28.8 Å². The number of aromatic carboxylic acids is 1. The third kappa shape index (κ3) is 3.20. The van der Waals surface area contributed by atoms with Crippen molar-refractivity contribution in [2.75, 3.05) is 10.6 Å². The zero-order valence-electron chi connectivity index (χ0n) is 10.2. The van der Waals surface area contributed by atoms with E-state index in [1.165, 1.54) is 23.5 Å². The van der Waals surface area contributed by atoms with Crippen LogP contribution in [-0.2, 0) is 0 Å². The summed E-state index contributed by atoms with van der Waals surface area (Å²) in [6.07, 6.45) is 0. The zero-order chi connectivity index (χ0) is 14.7. The van der Waals surface area contributed by atoms with Gasteiger partial charge in [-0.2, -0.15) is 0 Å². The van der Waals surface area contributed by atoms with Crippen molar-refractivity contribution in [1.82, 2.24) is 10.2 Å². The first-order chi connectivity index (χ1) is 9.45. The highest BCUT2D eigenvalue weighted by Gasteiger charge is 2.14. The molecule has 0 fully saturated rings. The van der Waals surface area contributed by atoms with E-state index in [4.69, 9.17) is 5.11 Å². The Morgan fingerprint density at radius 2 is 2.00 bits per heavy atom. The molecule has 0 saturated heterocycles. The Morgan fingerprint density at radius 3 is 2.60 bits per heavy atom. The van der Waals surface area contributed by atoms with Crippen molar-refractivity contribution in [2.24, 2.45) is 0 Å². The Labute approximate surface area is 117 Å². The minimum atomic E-state index is -1.26. The maximum Gasteiger partial charge on any atom is 0.337 e. The van der Waals surface area contributed by atoms with Crippen molar-refractivity contribution in [3.63, 3.8) is 0 Å². The molecular weight excluding hydrogens is 284 g/mol. The van der Waals surface area contributed by atoms with Gasteiger partial charge in [0.25, 0.3) is 0 Å². The third-order valence-electron chi connectivity index (χ3n) is 2.23. The summed E-state index contributed by atoms with van der Waals surface area (Å²) in [4.78, 5) is 22.7. The van der Waals surface area contributed by atoms with Crippen LogP contribution in [0.15, 0.2) is 18.2 Å². The molecule has 0 aliphatic carbocycles. The number of aryl methyl sites for hydroxylation is 1. The van der Waals surface area contributed by atoms with Gasteiger partial charge in [0.05, 0.1) is 11.3 Å². The number of carbonyl (C=O) groups excluding carboxylic acids is 1. The summed E-state index contributed by atoms with van der Waals surface area (Å²) >= 11 is 1.19. The Hall–Kier alpha value is -2.68. The van der Waals surface area contributed by atoms with Crippen LogP contribution in [0.4, 0.5) is 15.6 Å². The number of nitrogens with one attached hydrogen (secondary N) is 2. The van der Waals surface area contributed by atoms with Crippen molar-refractivity contribution in [2.45, 2.75) is 6.92 Å². The lowest BCUT2D eigenvalue weighted by atomic mass is 10.1. The van der Waals surface area contributed by atoms with E-state index in [9.17, 15) is 14.7 Å². The molecule has 104 valence electrons. The van der Waals surface area contributed by atoms with Gasteiger partial charge in [-0.3, -0.25) is 5.32 Å². The molecule has 0 aliphatic heterocycles. The molecule has 0 spiro atoms. The van der Waals surface area contributed by atoms with E-state index in [1.54, 1.807) is 6.92 Å². The summed E-state index contributed by atoms with van der Waals surface area (Å²) in [5.74, 6) is -1.46. The summed E-state index contributed by atoms with van der Waals surface area (Å²) in [7, 11) is 0. The molecule has 0 unspecified atom stereocenters. The normalized spacial score (nSPS) is 10.1. The van der Waals surface area contributed by atoms with Crippen LogP contribution in [0.3, 0.4) is 0 Å². The molecule has 2 aromatic rings. The number of carboxylic acids is 1. The maximum atomic E-state index is 11.7. The average molecular weight is 294 g/mol. The van der Waals surface area contributed by atoms with Gasteiger partial charge in [0.15, 0.2) is 0 Å². The molecule has 0 aliphatic rings. The number of amides is 2. The SMILES string of the molecule is Cc1nnc(NC(=O)Nc2ccc(O)cc2C(=O)O)s1. The highest BCUT2D eigenvalue weighted by molar-refractivity contribution is 7.15. The number of carbonyl (C=O) groups is 2. The van der Waals surface area contributed by atoms with Gasteiger partial charge in [-0.15, -0.1) is 10.2 Å². The fraction of sp³-hybridized carbons (Fsp3) is 0.0909. The number of nitrogens with zero attached hydrogens (tertiary/aromatic N) is 2. The molecule has 8 nitrogen and oxygen atoms in total. The van der Waals surface area contributed by atoms with Gasteiger partial charge in [0, 0.05) is 0 Å². The van der Waals surface area contributed by atoms with Gasteiger partial charge in [0.2, 0.25) is 5.13 Å². The number of aromatic hydroxyl groups is 1. The summed E-state index contributed by atoms with van der Waals surface area (Å²) < 4.78 is 0. The van der Waals surface area contributed by atoms with Crippen LogP contribution in [0, 0.1) is 6.92 Å². The Balaban J connectivity index is 2.13. The van der Waals surface area contributed by atoms with E-state index >= 15 is 0 Å². The van der Waals surface area contributed by atoms with E-state index in [2.05, 4.69) is 20.8 Å². The number of urea groups is 1. The molecule has 2 rings (SSSR count). The predicted octanol–water partition coefficient (Wildman–Crippen LogP) is 1.89. The van der Waals surface area contributed by atoms with Crippen LogP contribution in [0.5, 0.6) is 5.75 Å². The Morgan fingerprint density at radius 1 is 1.25 bits per heavy atom. The molecule has 1 aromatic heterocycles. The number of carboxylic acid groups (broad SMARTS) is 1. The van der Waals surface area contributed by atoms with Gasteiger partial charge >= 0.3 is 12.0 Å². The maximum absolute atomic E-state index is 11.7. The van der Waals surface area contributed by atoms with E-state index in [-0.39, 0.29) is 17.0 Å². The summed E-state index contributed by atoms with van der Waals surface area (Å²) in [5.41, 5.74) is -0.150. The summed E-state index contributed by atoms with van der Waals surface area (Å²) in [6, 6.07) is 2.97. The quantitative estimate of drug-likeness (QED) is 0.641. The smallest absolute Gasteiger partial charge is 0.337 e. The second kappa shape index (κ2) is 5.53. The number of phenolic OH excluding ortho intramolecular Hbond substituents is 1. The third-order valence-corrected chi connectivity index (χ3v) is 2.98. The van der Waals surface area contributed by atoms with E-state index in [0.717, 1.165) is 6.07 Å². The Bertz CT molecular complexity index is 670. The largest absolute Gasteiger partial charge is 0.508 e. The van der Waals surface area contributed by atoms with E-state index < -0.39 is 12.0 Å². The molecule has 0 saturated carbocycles. The molecule has 2 amide bonds. The minimum absolute atomic E-state index is 0.0639. The number of aromatic nitrogens is 2. The fourth-order valence-corrected chi connectivity index (χ4v) is 2.00. The number of hydrogen-bond donors (Lipinski definition) is 4. The first-order valence-corrected chi connectivity index (χ1v) is 6.22. The molecule has 9 heteroatoms. The van der Waals surface area contributed by atoms with Gasteiger partial charge in [0.1, 0.15) is 10.8 Å². The number of rotatable bonds is 3. The van der Waals surface area contributed by atoms with Gasteiger partial charge < -0.3 is 15.5 Å². The molecule has 20 heavy (non-hydrogen) atoms. The molecule has 0 radical (unpaired) electrons. The number of benzene rings is 1. The van der Waals surface area contributed by atoms with Crippen LogP contribution in [0.2, 0.25) is 0 Å². The van der Waals surface area contributed by atoms with Crippen LogP contribution in [-0.4, -0.2) is 32.4 Å². The molecule has 1 aromatic carbocycles. The lowest BCUT2D eigenvalue weighted by Gasteiger charge is -2.08. The number of anilines is 2. The van der Waals surface area contributed by atoms with Crippen LogP contribution >= 0.6 is 11.3 Å². The van der Waals surface area contributed by atoms with Gasteiger partial charge in [-0.1, -0.05) is 11.3 Å².